The molecule has 2 heterocycles. The average molecular weight is 566 g/mol. The molecule has 0 radical (unpaired) electrons. The third kappa shape index (κ3) is 6.46. The minimum atomic E-state index is -1.42. The SMILES string of the molecule is CC(=O)NC1C(Oc2cc3sc(=O)oc3c(Cl)c2Cl)OC(COC(C)=O)C(OC(C)=O)C1OC(C)=O. The Morgan fingerprint density at radius 1 is 1.00 bits per heavy atom. The lowest BCUT2D eigenvalue weighted by Gasteiger charge is -2.44. The number of hydrogen-bond acceptors (Lipinski definition) is 12. The Hall–Kier alpha value is -2.87. The van der Waals surface area contributed by atoms with E-state index in [9.17, 15) is 24.0 Å². The van der Waals surface area contributed by atoms with Crippen molar-refractivity contribution in [3.63, 3.8) is 0 Å². The third-order valence-electron chi connectivity index (χ3n) is 4.79. The van der Waals surface area contributed by atoms with Crippen LogP contribution in [0.2, 0.25) is 10.0 Å². The van der Waals surface area contributed by atoms with E-state index in [1.807, 2.05) is 0 Å². The first-order valence-electron chi connectivity index (χ1n) is 10.4. The lowest BCUT2D eigenvalue weighted by atomic mass is 9.96. The topological polar surface area (TPSA) is 157 Å². The second-order valence-corrected chi connectivity index (χ2v) is 9.36. The highest BCUT2D eigenvalue weighted by molar-refractivity contribution is 7.16. The molecule has 1 aliphatic heterocycles. The number of hydrogen-bond donors (Lipinski definition) is 1. The molecule has 2 aromatic rings. The van der Waals surface area contributed by atoms with Crippen LogP contribution in [0.1, 0.15) is 27.7 Å². The summed E-state index contributed by atoms with van der Waals surface area (Å²) >= 11 is 13.3. The molecule has 1 saturated heterocycles. The van der Waals surface area contributed by atoms with E-state index < -0.39 is 66.0 Å². The maximum Gasteiger partial charge on any atom is 0.396 e. The van der Waals surface area contributed by atoms with E-state index in [4.69, 9.17) is 51.3 Å². The summed E-state index contributed by atoms with van der Waals surface area (Å²) in [7, 11) is 0. The fourth-order valence-corrected chi connectivity index (χ4v) is 4.71. The predicted molar refractivity (Wildman–Crippen MR) is 125 cm³/mol. The molecular formula is C21H21Cl2NO11S. The van der Waals surface area contributed by atoms with Crippen LogP contribution < -0.4 is 15.0 Å². The third-order valence-corrected chi connectivity index (χ3v) is 6.39. The van der Waals surface area contributed by atoms with Crippen molar-refractivity contribution in [2.24, 2.45) is 0 Å². The monoisotopic (exact) mass is 565 g/mol. The lowest BCUT2D eigenvalue weighted by molar-refractivity contribution is -0.257. The summed E-state index contributed by atoms with van der Waals surface area (Å²) in [6.07, 6.45) is -5.21. The van der Waals surface area contributed by atoms with Gasteiger partial charge in [-0.1, -0.05) is 34.5 Å². The van der Waals surface area contributed by atoms with Crippen molar-refractivity contribution >= 4 is 68.6 Å². The average Bonchev–Trinajstić information content (AvgIpc) is 3.13. The second kappa shape index (κ2) is 11.5. The lowest BCUT2D eigenvalue weighted by Crippen LogP contribution is -2.67. The van der Waals surface area contributed by atoms with Gasteiger partial charge in [-0.05, 0) is 0 Å². The first-order valence-corrected chi connectivity index (χ1v) is 11.9. The van der Waals surface area contributed by atoms with Crippen molar-refractivity contribution in [1.82, 2.24) is 5.32 Å². The van der Waals surface area contributed by atoms with E-state index in [0.29, 0.717) is 4.70 Å². The predicted octanol–water partition coefficient (Wildman–Crippen LogP) is 2.20. The van der Waals surface area contributed by atoms with Crippen LogP contribution in [0.25, 0.3) is 10.3 Å². The van der Waals surface area contributed by atoms with Crippen LogP contribution in [0.4, 0.5) is 0 Å². The Kier molecular flexibility index (Phi) is 8.82. The van der Waals surface area contributed by atoms with Gasteiger partial charge in [-0.25, -0.2) is 4.79 Å². The number of nitrogens with one attached hydrogen (secondary N) is 1. The largest absolute Gasteiger partial charge is 0.463 e. The van der Waals surface area contributed by atoms with Gasteiger partial charge in [-0.15, -0.1) is 0 Å². The molecule has 0 aliphatic carbocycles. The normalized spacial score (nSPS) is 23.6. The summed E-state index contributed by atoms with van der Waals surface area (Å²) in [6.45, 7) is 4.19. The van der Waals surface area contributed by atoms with Crippen molar-refractivity contribution < 1.29 is 47.3 Å². The van der Waals surface area contributed by atoms with Crippen LogP contribution in [0.3, 0.4) is 0 Å². The van der Waals surface area contributed by atoms with Gasteiger partial charge in [0.05, 0.1) is 4.70 Å². The maximum absolute atomic E-state index is 12.0. The summed E-state index contributed by atoms with van der Waals surface area (Å²) in [5.74, 6) is -2.76. The van der Waals surface area contributed by atoms with Gasteiger partial charge >= 0.3 is 22.8 Å². The number of carbonyl (C=O) groups excluding carboxylic acids is 4. The number of carbonyl (C=O) groups is 4. The van der Waals surface area contributed by atoms with E-state index in [1.54, 1.807) is 0 Å². The molecule has 15 heteroatoms. The molecule has 1 amide bonds. The highest BCUT2D eigenvalue weighted by atomic mass is 35.5. The van der Waals surface area contributed by atoms with E-state index in [2.05, 4.69) is 5.32 Å². The maximum atomic E-state index is 12.0. The van der Waals surface area contributed by atoms with Crippen LogP contribution in [-0.4, -0.2) is 61.1 Å². The van der Waals surface area contributed by atoms with Gasteiger partial charge < -0.3 is 33.4 Å². The van der Waals surface area contributed by atoms with Crippen LogP contribution in [0.15, 0.2) is 15.3 Å². The van der Waals surface area contributed by atoms with E-state index in [-0.39, 0.29) is 21.4 Å². The molecule has 36 heavy (non-hydrogen) atoms. The van der Waals surface area contributed by atoms with Gasteiger partial charge in [0.1, 0.15) is 34.5 Å². The fourth-order valence-electron chi connectivity index (χ4n) is 3.53. The molecule has 3 rings (SSSR count). The number of ether oxygens (including phenoxy) is 5. The summed E-state index contributed by atoms with van der Waals surface area (Å²) in [4.78, 5) is 58.3. The van der Waals surface area contributed by atoms with Gasteiger partial charge in [0.15, 0.2) is 17.8 Å². The first kappa shape index (κ1) is 27.7. The van der Waals surface area contributed by atoms with E-state index >= 15 is 0 Å². The van der Waals surface area contributed by atoms with Gasteiger partial charge in [0.2, 0.25) is 12.2 Å². The Morgan fingerprint density at radius 3 is 2.22 bits per heavy atom. The molecule has 1 fully saturated rings. The zero-order valence-corrected chi connectivity index (χ0v) is 21.7. The molecule has 12 nitrogen and oxygen atoms in total. The molecule has 0 spiro atoms. The van der Waals surface area contributed by atoms with Gasteiger partial charge in [0.25, 0.3) is 0 Å². The number of esters is 3. The summed E-state index contributed by atoms with van der Waals surface area (Å²) in [6, 6.07) is 0.158. The molecule has 1 N–H and O–H groups in total. The van der Waals surface area contributed by atoms with E-state index in [0.717, 1.165) is 32.1 Å². The number of halogens is 2. The minimum absolute atomic E-state index is 0.0506. The highest BCUT2D eigenvalue weighted by Gasteiger charge is 2.52. The molecule has 0 saturated carbocycles. The number of fused-ring (bicyclic) bond motifs is 1. The van der Waals surface area contributed by atoms with Crippen molar-refractivity contribution in [3.05, 3.63) is 25.8 Å². The van der Waals surface area contributed by atoms with Crippen LogP contribution in [0.5, 0.6) is 5.75 Å². The summed E-state index contributed by atoms with van der Waals surface area (Å²) < 4.78 is 33.0. The Balaban J connectivity index is 2.07. The number of amides is 1. The Morgan fingerprint density at radius 2 is 1.64 bits per heavy atom. The smallest absolute Gasteiger partial charge is 0.396 e. The van der Waals surface area contributed by atoms with Gasteiger partial charge in [0, 0.05) is 33.8 Å². The van der Waals surface area contributed by atoms with Crippen molar-refractivity contribution in [3.8, 4) is 5.75 Å². The van der Waals surface area contributed by atoms with E-state index in [1.165, 1.54) is 13.0 Å². The molecule has 0 bridgehead atoms. The van der Waals surface area contributed by atoms with Crippen LogP contribution >= 0.6 is 34.5 Å². The van der Waals surface area contributed by atoms with Crippen molar-refractivity contribution in [2.75, 3.05) is 6.61 Å². The summed E-state index contributed by atoms with van der Waals surface area (Å²) in [5.41, 5.74) is 0.0624. The zero-order chi connectivity index (χ0) is 26.7. The Bertz CT molecular complexity index is 1240. The molecule has 196 valence electrons. The van der Waals surface area contributed by atoms with Crippen LogP contribution in [0, 0.1) is 0 Å². The van der Waals surface area contributed by atoms with Gasteiger partial charge in [-0.3, -0.25) is 19.2 Å². The van der Waals surface area contributed by atoms with Gasteiger partial charge in [-0.2, -0.15) is 0 Å². The quantitative estimate of drug-likeness (QED) is 0.387. The number of rotatable bonds is 7. The standard InChI is InChI=1S/C21H21Cl2NO11S/c1-7(25)24-16-19(32-10(4)28)17(31-9(3)27)12(6-30-8(2)26)34-20(16)33-11-5-13-18(15(23)14(11)22)35-21(29)36-13/h5,12,16-17,19-20H,6H2,1-4H3,(H,24,25). The first-order chi connectivity index (χ1) is 16.9. The van der Waals surface area contributed by atoms with Crippen LogP contribution in [-0.2, 0) is 38.1 Å². The van der Waals surface area contributed by atoms with Crippen molar-refractivity contribution in [2.45, 2.75) is 58.3 Å². The van der Waals surface area contributed by atoms with Crippen molar-refractivity contribution in [1.29, 1.82) is 0 Å². The molecular weight excluding hydrogens is 545 g/mol. The summed E-state index contributed by atoms with van der Waals surface area (Å²) in [5, 5.41) is 2.34. The minimum Gasteiger partial charge on any atom is -0.463 e. The number of benzene rings is 1. The molecule has 5 atom stereocenters. The Labute approximate surface area is 217 Å². The highest BCUT2D eigenvalue weighted by Crippen LogP contribution is 2.41. The molecule has 5 unspecified atom stereocenters. The second-order valence-electron chi connectivity index (χ2n) is 7.62. The zero-order valence-electron chi connectivity index (χ0n) is 19.3. The molecule has 1 aromatic carbocycles. The molecule has 1 aromatic heterocycles. The fraction of sp³-hybridized carbons (Fsp3) is 0.476. The molecule has 1 aliphatic rings.